The molecule has 0 radical (unpaired) electrons. The van der Waals surface area contributed by atoms with Crippen LogP contribution in [0.2, 0.25) is 0 Å². The first-order valence-electron chi connectivity index (χ1n) is 6.46. The van der Waals surface area contributed by atoms with Crippen LogP contribution in [0.15, 0.2) is 30.3 Å². The van der Waals surface area contributed by atoms with E-state index in [1.54, 1.807) is 0 Å². The van der Waals surface area contributed by atoms with Crippen molar-refractivity contribution in [2.75, 3.05) is 33.0 Å². The number of aliphatic hydroxyl groups excluding tert-OH is 1. The lowest BCUT2D eigenvalue weighted by Crippen LogP contribution is -2.34. The maximum atomic E-state index is 8.89. The van der Waals surface area contributed by atoms with E-state index in [0.29, 0.717) is 26.2 Å². The van der Waals surface area contributed by atoms with Crippen LogP contribution in [-0.4, -0.2) is 44.1 Å². The molecule has 0 aliphatic rings. The number of aliphatic hydroxyl groups is 1. The van der Waals surface area contributed by atoms with Gasteiger partial charge in [-0.1, -0.05) is 25.1 Å². The second kappa shape index (κ2) is 9.88. The zero-order valence-corrected chi connectivity index (χ0v) is 11.0. The molecule has 1 rings (SSSR count). The Hall–Kier alpha value is -1.10. The largest absolute Gasteiger partial charge is 0.491 e. The van der Waals surface area contributed by atoms with E-state index in [1.165, 1.54) is 0 Å². The van der Waals surface area contributed by atoms with E-state index in [0.717, 1.165) is 12.3 Å². The summed E-state index contributed by atoms with van der Waals surface area (Å²) in [5.41, 5.74) is 0. The molecule has 1 aromatic rings. The molecule has 4 nitrogen and oxygen atoms in total. The number of benzene rings is 1. The molecule has 1 unspecified atom stereocenters. The second-order valence-corrected chi connectivity index (χ2v) is 4.00. The number of hydrogen-bond donors (Lipinski definition) is 2. The number of hydrogen-bond acceptors (Lipinski definition) is 4. The van der Waals surface area contributed by atoms with Crippen LogP contribution < -0.4 is 10.1 Å². The van der Waals surface area contributed by atoms with Crippen LogP contribution >= 0.6 is 0 Å². The molecule has 0 aliphatic carbocycles. The van der Waals surface area contributed by atoms with Crippen molar-refractivity contribution in [1.82, 2.24) is 5.32 Å². The van der Waals surface area contributed by atoms with Gasteiger partial charge >= 0.3 is 0 Å². The summed E-state index contributed by atoms with van der Waals surface area (Å²) in [6.07, 6.45) is 0.716. The average molecular weight is 253 g/mol. The summed E-state index contributed by atoms with van der Waals surface area (Å²) in [5, 5.41) is 12.2. The van der Waals surface area contributed by atoms with Crippen molar-refractivity contribution >= 4 is 0 Å². The average Bonchev–Trinajstić information content (AvgIpc) is 2.40. The molecule has 0 spiro atoms. The van der Waals surface area contributed by atoms with Crippen LogP contribution in [0.3, 0.4) is 0 Å². The van der Waals surface area contributed by atoms with Gasteiger partial charge in [-0.05, 0) is 25.1 Å². The fourth-order valence-electron chi connectivity index (χ4n) is 1.65. The fourth-order valence-corrected chi connectivity index (χ4v) is 1.65. The summed E-state index contributed by atoms with van der Waals surface area (Å²) in [4.78, 5) is 0. The summed E-state index contributed by atoms with van der Waals surface area (Å²) in [6, 6.07) is 9.91. The van der Waals surface area contributed by atoms with Crippen LogP contribution in [0.25, 0.3) is 0 Å². The van der Waals surface area contributed by atoms with Crippen molar-refractivity contribution in [1.29, 1.82) is 0 Å². The number of ether oxygens (including phenoxy) is 2. The molecular weight excluding hydrogens is 230 g/mol. The molecule has 0 aromatic heterocycles. The first kappa shape index (κ1) is 15.0. The molecule has 0 fully saturated rings. The fraction of sp³-hybridized carbons (Fsp3) is 0.571. The highest BCUT2D eigenvalue weighted by atomic mass is 16.5. The number of rotatable bonds is 10. The van der Waals surface area contributed by atoms with Gasteiger partial charge in [-0.2, -0.15) is 0 Å². The molecule has 1 atom stereocenters. The van der Waals surface area contributed by atoms with E-state index in [-0.39, 0.29) is 12.6 Å². The molecule has 0 heterocycles. The molecule has 102 valence electrons. The zero-order valence-electron chi connectivity index (χ0n) is 11.0. The van der Waals surface area contributed by atoms with E-state index in [9.17, 15) is 0 Å². The Kier molecular flexibility index (Phi) is 8.21. The molecule has 0 saturated carbocycles. The minimum absolute atomic E-state index is 0.182. The smallest absolute Gasteiger partial charge is 0.119 e. The molecule has 2 N–H and O–H groups in total. The second-order valence-electron chi connectivity index (χ2n) is 4.00. The van der Waals surface area contributed by atoms with Crippen LogP contribution in [-0.2, 0) is 4.74 Å². The molecule has 18 heavy (non-hydrogen) atoms. The standard InChI is InChI=1S/C14H23NO3/c1-2-15-13(8-9-16)12-17-10-11-18-14-6-4-3-5-7-14/h3-7,13,15-16H,2,8-12H2,1H3. The van der Waals surface area contributed by atoms with Gasteiger partial charge in [0.1, 0.15) is 12.4 Å². The van der Waals surface area contributed by atoms with Gasteiger partial charge in [0.2, 0.25) is 0 Å². The van der Waals surface area contributed by atoms with Crippen LogP contribution in [0.1, 0.15) is 13.3 Å². The lowest BCUT2D eigenvalue weighted by Gasteiger charge is -2.16. The summed E-state index contributed by atoms with van der Waals surface area (Å²) >= 11 is 0. The Morgan fingerprint density at radius 2 is 2.00 bits per heavy atom. The summed E-state index contributed by atoms with van der Waals surface area (Å²) in [5.74, 6) is 0.861. The van der Waals surface area contributed by atoms with Crippen LogP contribution in [0, 0.1) is 0 Å². The lowest BCUT2D eigenvalue weighted by molar-refractivity contribution is 0.0775. The van der Waals surface area contributed by atoms with Crippen molar-refractivity contribution in [3.8, 4) is 5.75 Å². The first-order chi connectivity index (χ1) is 8.86. The lowest BCUT2D eigenvalue weighted by atomic mass is 10.2. The van der Waals surface area contributed by atoms with Gasteiger partial charge in [0, 0.05) is 12.6 Å². The number of nitrogens with one attached hydrogen (secondary N) is 1. The molecule has 0 bridgehead atoms. The molecule has 1 aromatic carbocycles. The van der Waals surface area contributed by atoms with E-state index < -0.39 is 0 Å². The third-order valence-electron chi connectivity index (χ3n) is 2.53. The van der Waals surface area contributed by atoms with E-state index in [1.807, 2.05) is 37.3 Å². The monoisotopic (exact) mass is 253 g/mol. The normalized spacial score (nSPS) is 12.3. The van der Waals surface area contributed by atoms with Crippen LogP contribution in [0.5, 0.6) is 5.75 Å². The van der Waals surface area contributed by atoms with Crippen molar-refractivity contribution in [3.05, 3.63) is 30.3 Å². The Morgan fingerprint density at radius 3 is 2.67 bits per heavy atom. The van der Waals surface area contributed by atoms with Gasteiger partial charge in [-0.3, -0.25) is 0 Å². The number of para-hydroxylation sites is 1. The van der Waals surface area contributed by atoms with Gasteiger partial charge in [0.15, 0.2) is 0 Å². The topological polar surface area (TPSA) is 50.7 Å². The predicted octanol–water partition coefficient (Wildman–Crippen LogP) is 1.44. The Balaban J connectivity index is 2.06. The van der Waals surface area contributed by atoms with E-state index in [2.05, 4.69) is 5.32 Å². The third-order valence-corrected chi connectivity index (χ3v) is 2.53. The summed E-state index contributed by atoms with van der Waals surface area (Å²) < 4.78 is 11.0. The number of likely N-dealkylation sites (N-methyl/N-ethyl adjacent to an activating group) is 1. The summed E-state index contributed by atoms with van der Waals surface area (Å²) in [6.45, 7) is 4.82. The predicted molar refractivity (Wildman–Crippen MR) is 71.9 cm³/mol. The SMILES string of the molecule is CCNC(CCO)COCCOc1ccccc1. The first-order valence-corrected chi connectivity index (χ1v) is 6.46. The Bertz CT molecular complexity index is 286. The molecule has 0 saturated heterocycles. The van der Waals surface area contributed by atoms with Gasteiger partial charge < -0.3 is 19.9 Å². The van der Waals surface area contributed by atoms with Crippen molar-refractivity contribution < 1.29 is 14.6 Å². The van der Waals surface area contributed by atoms with Crippen molar-refractivity contribution in [2.24, 2.45) is 0 Å². The van der Waals surface area contributed by atoms with Crippen molar-refractivity contribution in [2.45, 2.75) is 19.4 Å². The minimum Gasteiger partial charge on any atom is -0.491 e. The minimum atomic E-state index is 0.182. The Labute approximate surface area is 109 Å². The van der Waals surface area contributed by atoms with Gasteiger partial charge in [0.05, 0.1) is 13.2 Å². The highest BCUT2D eigenvalue weighted by molar-refractivity contribution is 5.20. The maximum Gasteiger partial charge on any atom is 0.119 e. The molecule has 0 amide bonds. The maximum absolute atomic E-state index is 8.89. The molecule has 0 aliphatic heterocycles. The van der Waals surface area contributed by atoms with E-state index >= 15 is 0 Å². The van der Waals surface area contributed by atoms with Gasteiger partial charge in [0.25, 0.3) is 0 Å². The zero-order chi connectivity index (χ0) is 13.1. The van der Waals surface area contributed by atoms with E-state index in [4.69, 9.17) is 14.6 Å². The third kappa shape index (κ3) is 6.59. The van der Waals surface area contributed by atoms with Gasteiger partial charge in [-0.25, -0.2) is 0 Å². The summed E-state index contributed by atoms with van der Waals surface area (Å²) in [7, 11) is 0. The highest BCUT2D eigenvalue weighted by Gasteiger charge is 2.05. The molecular formula is C14H23NO3. The van der Waals surface area contributed by atoms with Crippen LogP contribution in [0.4, 0.5) is 0 Å². The molecule has 4 heteroatoms. The quantitative estimate of drug-likeness (QED) is 0.620. The van der Waals surface area contributed by atoms with Gasteiger partial charge in [-0.15, -0.1) is 0 Å². The van der Waals surface area contributed by atoms with Crippen molar-refractivity contribution in [3.63, 3.8) is 0 Å². The Morgan fingerprint density at radius 1 is 1.22 bits per heavy atom. The highest BCUT2D eigenvalue weighted by Crippen LogP contribution is 2.07.